The molecular formula is C37H27N6OPt-3. The van der Waals surface area contributed by atoms with Gasteiger partial charge in [-0.05, 0) is 59.8 Å². The number of nitriles is 1. The van der Waals surface area contributed by atoms with E-state index in [2.05, 4.69) is 56.0 Å². The minimum atomic E-state index is -0.0736. The zero-order chi connectivity index (χ0) is 30.6. The third kappa shape index (κ3) is 5.20. The molecule has 0 atom stereocenters. The van der Waals surface area contributed by atoms with Crippen LogP contribution >= 0.6 is 0 Å². The first kappa shape index (κ1) is 29.9. The molecule has 3 heterocycles. The maximum atomic E-state index is 9.97. The summed E-state index contributed by atoms with van der Waals surface area (Å²) in [6.45, 7) is 16.2. The van der Waals surface area contributed by atoms with Gasteiger partial charge in [-0.15, -0.1) is 41.4 Å². The minimum Gasteiger partial charge on any atom is -0.510 e. The van der Waals surface area contributed by atoms with Crippen LogP contribution in [0.4, 0.5) is 22.7 Å². The smallest absolute Gasteiger partial charge is 0.135 e. The molecule has 0 saturated heterocycles. The van der Waals surface area contributed by atoms with Gasteiger partial charge >= 0.3 is 0 Å². The molecule has 4 aromatic carbocycles. The van der Waals surface area contributed by atoms with E-state index in [0.29, 0.717) is 28.4 Å². The van der Waals surface area contributed by atoms with Crippen LogP contribution in [0.1, 0.15) is 31.9 Å². The van der Waals surface area contributed by atoms with Crippen LogP contribution in [-0.2, 0) is 26.5 Å². The fourth-order valence-corrected chi connectivity index (χ4v) is 5.71. The standard InChI is InChI=1S/C37H27N6O.Pt/c1-37(2,3)25-15-16-40-35(17-25)43-33-12-8-9-24(22-38)36(33)30-14-13-28(21-34(30)43)44-29-19-26(39-4)18-27(20-29)42-23-41(5)31-10-6-7-11-32(31)42;/h6-19,23H,1-3,5H3;/q-3;. The largest absolute Gasteiger partial charge is 0.510 e. The van der Waals surface area contributed by atoms with Crippen LogP contribution in [0, 0.1) is 36.7 Å². The number of anilines is 3. The molecule has 0 bridgehead atoms. The molecule has 0 saturated carbocycles. The Bertz CT molecular complexity index is 2180. The van der Waals surface area contributed by atoms with Gasteiger partial charge in [-0.1, -0.05) is 44.5 Å². The number of benzene rings is 4. The Morgan fingerprint density at radius 3 is 2.51 bits per heavy atom. The normalized spacial score (nSPS) is 12.5. The second-order valence-electron chi connectivity index (χ2n) is 11.8. The van der Waals surface area contributed by atoms with Gasteiger partial charge in [0.2, 0.25) is 0 Å². The summed E-state index contributed by atoms with van der Waals surface area (Å²) in [5, 5.41) is 11.7. The molecule has 0 radical (unpaired) electrons. The molecule has 45 heavy (non-hydrogen) atoms. The van der Waals surface area contributed by atoms with Crippen LogP contribution in [0.3, 0.4) is 0 Å². The number of pyridine rings is 1. The van der Waals surface area contributed by atoms with E-state index in [4.69, 9.17) is 16.3 Å². The van der Waals surface area contributed by atoms with E-state index >= 15 is 0 Å². The van der Waals surface area contributed by atoms with Crippen molar-refractivity contribution in [2.75, 3.05) is 16.8 Å². The summed E-state index contributed by atoms with van der Waals surface area (Å²) in [5.74, 6) is 1.59. The zero-order valence-electron chi connectivity index (χ0n) is 25.1. The molecule has 0 amide bonds. The number of fused-ring (bicyclic) bond motifs is 4. The van der Waals surface area contributed by atoms with Crippen molar-refractivity contribution in [3.05, 3.63) is 126 Å². The summed E-state index contributed by atoms with van der Waals surface area (Å²) in [5.41, 5.74) is 6.44. The van der Waals surface area contributed by atoms with Crippen LogP contribution in [0.2, 0.25) is 0 Å². The Morgan fingerprint density at radius 1 is 0.956 bits per heavy atom. The Labute approximate surface area is 277 Å². The molecule has 1 aliphatic heterocycles. The number of hydrogen-bond donors (Lipinski definition) is 0. The first-order valence-electron chi connectivity index (χ1n) is 14.2. The van der Waals surface area contributed by atoms with Crippen LogP contribution in [0.15, 0.2) is 85.1 Å². The van der Waals surface area contributed by atoms with E-state index in [0.717, 1.165) is 44.6 Å². The van der Waals surface area contributed by atoms with Gasteiger partial charge in [0, 0.05) is 61.2 Å². The molecule has 0 fully saturated rings. The van der Waals surface area contributed by atoms with Gasteiger partial charge in [0.25, 0.3) is 0 Å². The molecule has 1 aliphatic rings. The SMILES string of the molecule is [C-]#[N+]c1cc(Oc2[c-]c3c(cc2)c2c(C#N)cccc2n3-c2cc(C(C)(C)C)ccn2)[c-]c(N2[CH-]N(C)c3ccccc32)c1.[Pt]. The molecule has 7 nitrogen and oxygen atoms in total. The van der Waals surface area contributed by atoms with Gasteiger partial charge in [-0.3, -0.25) is 4.85 Å². The van der Waals surface area contributed by atoms with Crippen molar-refractivity contribution >= 4 is 44.6 Å². The maximum absolute atomic E-state index is 9.97. The first-order chi connectivity index (χ1) is 21.2. The van der Waals surface area contributed by atoms with Gasteiger partial charge in [0.1, 0.15) is 5.82 Å². The van der Waals surface area contributed by atoms with Gasteiger partial charge in [-0.25, -0.2) is 4.98 Å². The van der Waals surface area contributed by atoms with Crippen LogP contribution in [-0.4, -0.2) is 16.6 Å². The van der Waals surface area contributed by atoms with Crippen LogP contribution in [0.25, 0.3) is 32.5 Å². The topological polar surface area (TPSA) is 61.7 Å². The van der Waals surface area contributed by atoms with Crippen molar-refractivity contribution < 1.29 is 25.8 Å². The monoisotopic (exact) mass is 766 g/mol. The fourth-order valence-electron chi connectivity index (χ4n) is 5.71. The molecule has 0 unspecified atom stereocenters. The predicted molar refractivity (Wildman–Crippen MR) is 174 cm³/mol. The number of nitrogens with zero attached hydrogens (tertiary/aromatic N) is 6. The van der Waals surface area contributed by atoms with Crippen molar-refractivity contribution in [3.8, 4) is 23.4 Å². The molecule has 6 aromatic rings. The summed E-state index contributed by atoms with van der Waals surface area (Å²) >= 11 is 0. The van der Waals surface area contributed by atoms with E-state index < -0.39 is 0 Å². The average molecular weight is 767 g/mol. The molecule has 0 N–H and O–H groups in total. The Kier molecular flexibility index (Phi) is 7.61. The van der Waals surface area contributed by atoms with E-state index in [-0.39, 0.29) is 26.5 Å². The number of hydrogen-bond acceptors (Lipinski definition) is 5. The van der Waals surface area contributed by atoms with Crippen molar-refractivity contribution in [2.24, 2.45) is 0 Å². The zero-order valence-corrected chi connectivity index (χ0v) is 27.3. The quantitative estimate of drug-likeness (QED) is 0.168. The van der Waals surface area contributed by atoms with E-state index in [1.807, 2.05) is 88.9 Å². The third-order valence-corrected chi connectivity index (χ3v) is 7.87. The number of para-hydroxylation sites is 2. The second-order valence-corrected chi connectivity index (χ2v) is 11.8. The number of rotatable bonds is 4. The summed E-state index contributed by atoms with van der Waals surface area (Å²) in [6, 6.07) is 34.3. The molecule has 0 aliphatic carbocycles. The van der Waals surface area contributed by atoms with E-state index in [1.165, 1.54) is 0 Å². The van der Waals surface area contributed by atoms with Gasteiger partial charge in [-0.2, -0.15) is 18.0 Å². The van der Waals surface area contributed by atoms with Crippen molar-refractivity contribution in [1.29, 1.82) is 5.26 Å². The van der Waals surface area contributed by atoms with E-state index in [9.17, 15) is 5.26 Å². The second kappa shape index (κ2) is 11.4. The molecule has 2 aromatic heterocycles. The molecule has 0 spiro atoms. The summed E-state index contributed by atoms with van der Waals surface area (Å²) < 4.78 is 8.39. The van der Waals surface area contributed by atoms with Gasteiger partial charge < -0.3 is 19.1 Å². The third-order valence-electron chi connectivity index (χ3n) is 7.87. The average Bonchev–Trinajstić information content (AvgIpc) is 3.55. The molecule has 224 valence electrons. The Balaban J connectivity index is 0.00000357. The Morgan fingerprint density at radius 2 is 1.76 bits per heavy atom. The molecule has 7 rings (SSSR count). The summed E-state index contributed by atoms with van der Waals surface area (Å²) in [7, 11) is 1.99. The maximum Gasteiger partial charge on any atom is 0.135 e. The fraction of sp³-hybridized carbons (Fsp3) is 0.135. The molecule has 8 heteroatoms. The van der Waals surface area contributed by atoms with Crippen LogP contribution in [0.5, 0.6) is 11.5 Å². The summed E-state index contributed by atoms with van der Waals surface area (Å²) in [4.78, 5) is 12.5. The molecular weight excluding hydrogens is 740 g/mol. The van der Waals surface area contributed by atoms with Crippen LogP contribution < -0.4 is 14.5 Å². The van der Waals surface area contributed by atoms with Crippen molar-refractivity contribution in [1.82, 2.24) is 9.55 Å². The number of aromatic nitrogens is 2. The van der Waals surface area contributed by atoms with Gasteiger partial charge in [0.05, 0.1) is 18.3 Å². The van der Waals surface area contributed by atoms with Gasteiger partial charge in [0.15, 0.2) is 0 Å². The minimum absolute atomic E-state index is 0. The first-order valence-corrected chi connectivity index (χ1v) is 14.2. The van der Waals surface area contributed by atoms with Crippen molar-refractivity contribution in [2.45, 2.75) is 26.2 Å². The summed E-state index contributed by atoms with van der Waals surface area (Å²) in [6.07, 6.45) is 1.82. The predicted octanol–water partition coefficient (Wildman–Crippen LogP) is 9.00. The number of ether oxygens (including phenoxy) is 1. The van der Waals surface area contributed by atoms with E-state index in [1.54, 1.807) is 12.1 Å². The Hall–Kier alpha value is -5.10. The van der Waals surface area contributed by atoms with Crippen molar-refractivity contribution in [3.63, 3.8) is 0 Å².